The molecular formula is C21H34N2O6Si. The highest BCUT2D eigenvalue weighted by atomic mass is 28.3. The van der Waals surface area contributed by atoms with Crippen LogP contribution in [0.5, 0.6) is 11.5 Å². The normalized spacial score (nSPS) is 15.6. The third kappa shape index (κ3) is 6.89. The summed E-state index contributed by atoms with van der Waals surface area (Å²) in [5, 5.41) is 11.6. The summed E-state index contributed by atoms with van der Waals surface area (Å²) in [5.41, 5.74) is 0.228. The number of ether oxygens (including phenoxy) is 3. The minimum absolute atomic E-state index is 0.0707. The van der Waals surface area contributed by atoms with Gasteiger partial charge in [0.15, 0.2) is 11.5 Å². The summed E-state index contributed by atoms with van der Waals surface area (Å²) in [6.45, 7) is 13.1. The lowest BCUT2D eigenvalue weighted by atomic mass is 10.1. The number of methoxy groups -OCH3 is 1. The van der Waals surface area contributed by atoms with Crippen LogP contribution in [-0.4, -0.2) is 55.9 Å². The van der Waals surface area contributed by atoms with Crippen LogP contribution in [0.2, 0.25) is 19.6 Å². The van der Waals surface area contributed by atoms with Gasteiger partial charge in [0.25, 0.3) is 5.69 Å². The van der Waals surface area contributed by atoms with E-state index in [4.69, 9.17) is 14.2 Å². The standard InChI is InChI=1S/C21H34N2O6Si/c1-21(2,3)29-20(24)22-10-8-16(9-11-22)28-19-12-15(14-30(5,6)7)17(23(25)26)13-18(19)27-4/h12-13,16H,8-11,14H2,1-7H3. The lowest BCUT2D eigenvalue weighted by Crippen LogP contribution is -2.44. The highest BCUT2D eigenvalue weighted by molar-refractivity contribution is 6.75. The molecule has 168 valence electrons. The number of piperidine rings is 1. The maximum absolute atomic E-state index is 12.2. The second kappa shape index (κ2) is 9.24. The van der Waals surface area contributed by atoms with Crippen molar-refractivity contribution >= 4 is 19.9 Å². The quantitative estimate of drug-likeness (QED) is 0.360. The second-order valence-electron chi connectivity index (χ2n) is 9.91. The fraction of sp³-hybridized carbons (Fsp3) is 0.667. The number of nitro benzene ring substituents is 1. The summed E-state index contributed by atoms with van der Waals surface area (Å²) < 4.78 is 17.0. The topological polar surface area (TPSA) is 91.1 Å². The molecule has 0 N–H and O–H groups in total. The molecule has 9 heteroatoms. The molecule has 0 spiro atoms. The summed E-state index contributed by atoms with van der Waals surface area (Å²) in [4.78, 5) is 25.1. The Labute approximate surface area is 179 Å². The molecule has 1 amide bonds. The van der Waals surface area contributed by atoms with E-state index < -0.39 is 13.7 Å². The van der Waals surface area contributed by atoms with E-state index in [-0.39, 0.29) is 22.8 Å². The predicted octanol–water partition coefficient (Wildman–Crippen LogP) is 4.80. The molecule has 0 saturated carbocycles. The van der Waals surface area contributed by atoms with Crippen molar-refractivity contribution in [2.24, 2.45) is 0 Å². The summed E-state index contributed by atoms with van der Waals surface area (Å²) >= 11 is 0. The van der Waals surface area contributed by atoms with Crippen molar-refractivity contribution in [1.29, 1.82) is 0 Å². The van der Waals surface area contributed by atoms with Crippen molar-refractivity contribution in [3.8, 4) is 11.5 Å². The fourth-order valence-corrected chi connectivity index (χ4v) is 4.81. The van der Waals surface area contributed by atoms with E-state index in [0.717, 1.165) is 0 Å². The van der Waals surface area contributed by atoms with Crippen LogP contribution in [0.3, 0.4) is 0 Å². The number of benzene rings is 1. The van der Waals surface area contributed by atoms with Gasteiger partial charge in [-0.2, -0.15) is 0 Å². The number of nitro groups is 1. The average molecular weight is 439 g/mol. The van der Waals surface area contributed by atoms with E-state index in [1.165, 1.54) is 13.2 Å². The van der Waals surface area contributed by atoms with Crippen LogP contribution in [0.4, 0.5) is 10.5 Å². The van der Waals surface area contributed by atoms with E-state index in [1.807, 2.05) is 20.8 Å². The van der Waals surface area contributed by atoms with Crippen LogP contribution < -0.4 is 9.47 Å². The van der Waals surface area contributed by atoms with Crippen LogP contribution >= 0.6 is 0 Å². The Balaban J connectivity index is 2.14. The number of hydrogen-bond donors (Lipinski definition) is 0. The Bertz CT molecular complexity index is 777. The van der Waals surface area contributed by atoms with Gasteiger partial charge in [0.2, 0.25) is 0 Å². The summed E-state index contributed by atoms with van der Waals surface area (Å²) in [7, 11) is -0.0971. The Hall–Kier alpha value is -2.29. The Morgan fingerprint density at radius 1 is 1.20 bits per heavy atom. The van der Waals surface area contributed by atoms with Crippen molar-refractivity contribution in [3.05, 3.63) is 27.8 Å². The SMILES string of the molecule is COc1cc([N+](=O)[O-])c(C[Si](C)(C)C)cc1OC1CCN(C(=O)OC(C)(C)C)CC1. The van der Waals surface area contributed by atoms with Gasteiger partial charge in [0, 0.05) is 39.6 Å². The lowest BCUT2D eigenvalue weighted by molar-refractivity contribution is -0.385. The molecule has 1 fully saturated rings. The van der Waals surface area contributed by atoms with Gasteiger partial charge >= 0.3 is 6.09 Å². The monoisotopic (exact) mass is 438 g/mol. The molecule has 1 aliphatic rings. The third-order valence-electron chi connectivity index (χ3n) is 4.67. The first-order chi connectivity index (χ1) is 13.8. The van der Waals surface area contributed by atoms with Crippen LogP contribution in [0.25, 0.3) is 0 Å². The Kier molecular flexibility index (Phi) is 7.39. The number of likely N-dealkylation sites (tertiary alicyclic amines) is 1. The maximum atomic E-state index is 12.2. The molecule has 0 aliphatic carbocycles. The number of rotatable bonds is 6. The Morgan fingerprint density at radius 3 is 2.27 bits per heavy atom. The molecule has 0 radical (unpaired) electrons. The van der Waals surface area contributed by atoms with E-state index in [1.54, 1.807) is 11.0 Å². The number of carbonyl (C=O) groups is 1. The first kappa shape index (κ1) is 24.0. The van der Waals surface area contributed by atoms with E-state index in [9.17, 15) is 14.9 Å². The van der Waals surface area contributed by atoms with Gasteiger partial charge in [-0.15, -0.1) is 0 Å². The summed E-state index contributed by atoms with van der Waals surface area (Å²) in [6.07, 6.45) is 0.899. The molecule has 1 aromatic rings. The zero-order valence-electron chi connectivity index (χ0n) is 19.1. The molecule has 8 nitrogen and oxygen atoms in total. The van der Waals surface area contributed by atoms with Crippen molar-refractivity contribution < 1.29 is 23.9 Å². The predicted molar refractivity (Wildman–Crippen MR) is 118 cm³/mol. The molecule has 1 aromatic carbocycles. The van der Waals surface area contributed by atoms with E-state index in [2.05, 4.69) is 19.6 Å². The first-order valence-electron chi connectivity index (χ1n) is 10.3. The molecule has 2 rings (SSSR count). The number of hydrogen-bond acceptors (Lipinski definition) is 6. The van der Waals surface area contributed by atoms with E-state index >= 15 is 0 Å². The van der Waals surface area contributed by atoms with Crippen LogP contribution in [0.15, 0.2) is 12.1 Å². The van der Waals surface area contributed by atoms with Gasteiger partial charge in [-0.05, 0) is 32.9 Å². The van der Waals surface area contributed by atoms with Crippen molar-refractivity contribution in [3.63, 3.8) is 0 Å². The summed E-state index contributed by atoms with van der Waals surface area (Å²) in [6, 6.07) is 3.90. The molecule has 1 aliphatic heterocycles. The summed E-state index contributed by atoms with van der Waals surface area (Å²) in [5.74, 6) is 0.877. The van der Waals surface area contributed by atoms with Gasteiger partial charge in [0.1, 0.15) is 11.7 Å². The van der Waals surface area contributed by atoms with Crippen LogP contribution in [-0.2, 0) is 10.8 Å². The van der Waals surface area contributed by atoms with Gasteiger partial charge in [-0.25, -0.2) is 4.79 Å². The average Bonchev–Trinajstić information content (AvgIpc) is 2.59. The molecule has 0 unspecified atom stereocenters. The molecular weight excluding hydrogens is 404 g/mol. The molecule has 1 heterocycles. The highest BCUT2D eigenvalue weighted by Crippen LogP contribution is 2.37. The largest absolute Gasteiger partial charge is 0.493 e. The van der Waals surface area contributed by atoms with Gasteiger partial charge < -0.3 is 19.1 Å². The molecule has 0 aromatic heterocycles. The van der Waals surface area contributed by atoms with Crippen molar-refractivity contribution in [2.75, 3.05) is 20.2 Å². The van der Waals surface area contributed by atoms with Crippen molar-refractivity contribution in [1.82, 2.24) is 4.90 Å². The number of nitrogens with zero attached hydrogens (tertiary/aromatic N) is 2. The molecule has 30 heavy (non-hydrogen) atoms. The van der Waals surface area contributed by atoms with Crippen LogP contribution in [0.1, 0.15) is 39.2 Å². The number of amides is 1. The van der Waals surface area contributed by atoms with E-state index in [0.29, 0.717) is 49.0 Å². The number of carbonyl (C=O) groups excluding carboxylic acids is 1. The molecule has 0 bridgehead atoms. The molecule has 0 atom stereocenters. The van der Waals surface area contributed by atoms with Gasteiger partial charge in [0.05, 0.1) is 18.1 Å². The minimum atomic E-state index is -1.58. The maximum Gasteiger partial charge on any atom is 0.410 e. The smallest absolute Gasteiger partial charge is 0.410 e. The second-order valence-corrected chi connectivity index (χ2v) is 15.4. The Morgan fingerprint density at radius 2 is 1.80 bits per heavy atom. The minimum Gasteiger partial charge on any atom is -0.493 e. The zero-order chi connectivity index (χ0) is 22.7. The zero-order valence-corrected chi connectivity index (χ0v) is 20.1. The van der Waals surface area contributed by atoms with Crippen molar-refractivity contribution in [2.45, 2.75) is 71.0 Å². The van der Waals surface area contributed by atoms with Gasteiger partial charge in [-0.1, -0.05) is 19.6 Å². The third-order valence-corrected chi connectivity index (χ3v) is 6.11. The molecule has 1 saturated heterocycles. The highest BCUT2D eigenvalue weighted by Gasteiger charge is 2.29. The van der Waals surface area contributed by atoms with Crippen LogP contribution in [0, 0.1) is 10.1 Å². The lowest BCUT2D eigenvalue weighted by Gasteiger charge is -2.33. The fourth-order valence-electron chi connectivity index (χ4n) is 3.39. The van der Waals surface area contributed by atoms with Gasteiger partial charge in [-0.3, -0.25) is 10.1 Å². The first-order valence-corrected chi connectivity index (χ1v) is 14.0.